The van der Waals surface area contributed by atoms with Gasteiger partial charge in [0.25, 0.3) is 0 Å². The van der Waals surface area contributed by atoms with Crippen LogP contribution >= 0.6 is 12.4 Å². The quantitative estimate of drug-likeness (QED) is 0.747. The fourth-order valence-corrected chi connectivity index (χ4v) is 1.88. The Hall–Kier alpha value is -0.280. The van der Waals surface area contributed by atoms with E-state index in [1.807, 2.05) is 20.8 Å². The molecule has 4 heteroatoms. The Labute approximate surface area is 98.2 Å². The molecule has 0 heterocycles. The van der Waals surface area contributed by atoms with E-state index in [0.29, 0.717) is 5.92 Å². The Bertz CT molecular complexity index is 207. The van der Waals surface area contributed by atoms with E-state index in [9.17, 15) is 4.79 Å². The average molecular weight is 236 g/mol. The first kappa shape index (κ1) is 14.7. The van der Waals surface area contributed by atoms with Crippen molar-refractivity contribution in [2.75, 3.05) is 0 Å². The van der Waals surface area contributed by atoms with Gasteiger partial charge in [-0.25, -0.2) is 0 Å². The highest BCUT2D eigenvalue weighted by Crippen LogP contribution is 2.27. The number of hydrogen-bond donors (Lipinski definition) is 1. The second-order valence-corrected chi connectivity index (χ2v) is 5.10. The summed E-state index contributed by atoms with van der Waals surface area (Å²) < 4.78 is 5.25. The van der Waals surface area contributed by atoms with Crippen LogP contribution in [0.25, 0.3) is 0 Å². The van der Waals surface area contributed by atoms with Crippen molar-refractivity contribution in [1.29, 1.82) is 0 Å². The summed E-state index contributed by atoms with van der Waals surface area (Å²) in [5.74, 6) is 0.0919. The smallest absolute Gasteiger partial charge is 0.323 e. The Balaban J connectivity index is 0.00000196. The third-order valence-electron chi connectivity index (χ3n) is 2.59. The van der Waals surface area contributed by atoms with E-state index in [4.69, 9.17) is 10.5 Å². The molecule has 0 saturated heterocycles. The fourth-order valence-electron chi connectivity index (χ4n) is 1.88. The second-order valence-electron chi connectivity index (χ2n) is 5.10. The van der Waals surface area contributed by atoms with Gasteiger partial charge in [-0.05, 0) is 39.5 Å². The van der Waals surface area contributed by atoms with Gasteiger partial charge in [0, 0.05) is 0 Å². The molecule has 0 unspecified atom stereocenters. The van der Waals surface area contributed by atoms with E-state index in [1.165, 1.54) is 12.8 Å². The molecule has 0 radical (unpaired) electrons. The van der Waals surface area contributed by atoms with Crippen LogP contribution < -0.4 is 5.73 Å². The fraction of sp³-hybridized carbons (Fsp3) is 0.909. The van der Waals surface area contributed by atoms with Gasteiger partial charge < -0.3 is 10.5 Å². The van der Waals surface area contributed by atoms with Gasteiger partial charge in [0.05, 0.1) is 0 Å². The SMILES string of the molecule is CC(C)(C)OC(=O)[C@@H](N)C1CCCC1.Cl. The van der Waals surface area contributed by atoms with Crippen LogP contribution in [-0.2, 0) is 9.53 Å². The summed E-state index contributed by atoms with van der Waals surface area (Å²) in [4.78, 5) is 11.6. The standard InChI is InChI=1S/C11H21NO2.ClH/c1-11(2,3)14-10(13)9(12)8-6-4-5-7-8;/h8-9H,4-7,12H2,1-3H3;1H/t9-;/m0./s1. The maximum absolute atomic E-state index is 11.6. The molecule has 0 aromatic rings. The summed E-state index contributed by atoms with van der Waals surface area (Å²) in [5, 5.41) is 0. The van der Waals surface area contributed by atoms with Gasteiger partial charge in [0.2, 0.25) is 0 Å². The summed E-state index contributed by atoms with van der Waals surface area (Å²) in [5.41, 5.74) is 5.43. The molecule has 0 spiro atoms. The molecule has 1 atom stereocenters. The van der Waals surface area contributed by atoms with E-state index < -0.39 is 11.6 Å². The molecule has 15 heavy (non-hydrogen) atoms. The Kier molecular flexibility index (Phi) is 5.60. The highest BCUT2D eigenvalue weighted by Gasteiger charge is 2.30. The lowest BCUT2D eigenvalue weighted by molar-refractivity contribution is -0.157. The normalized spacial score (nSPS) is 19.5. The molecule has 0 aromatic heterocycles. The van der Waals surface area contributed by atoms with Crippen LogP contribution in [0, 0.1) is 5.92 Å². The van der Waals surface area contributed by atoms with Crippen LogP contribution in [-0.4, -0.2) is 17.6 Å². The first-order valence-corrected chi connectivity index (χ1v) is 5.38. The van der Waals surface area contributed by atoms with E-state index >= 15 is 0 Å². The highest BCUT2D eigenvalue weighted by atomic mass is 35.5. The molecule has 2 N–H and O–H groups in total. The Morgan fingerprint density at radius 2 is 1.80 bits per heavy atom. The topological polar surface area (TPSA) is 52.3 Å². The molecule has 1 aliphatic carbocycles. The number of rotatable bonds is 2. The zero-order chi connectivity index (χ0) is 10.8. The lowest BCUT2D eigenvalue weighted by Gasteiger charge is -2.24. The molecular formula is C11H22ClNO2. The molecule has 1 saturated carbocycles. The maximum Gasteiger partial charge on any atom is 0.323 e. The molecule has 0 amide bonds. The summed E-state index contributed by atoms with van der Waals surface area (Å²) in [7, 11) is 0. The van der Waals surface area contributed by atoms with Gasteiger partial charge in [-0.15, -0.1) is 12.4 Å². The number of ether oxygens (including phenoxy) is 1. The largest absolute Gasteiger partial charge is 0.459 e. The van der Waals surface area contributed by atoms with Crippen molar-refractivity contribution in [3.63, 3.8) is 0 Å². The Morgan fingerprint density at radius 1 is 1.33 bits per heavy atom. The molecule has 1 rings (SSSR count). The lowest BCUT2D eigenvalue weighted by Crippen LogP contribution is -2.41. The monoisotopic (exact) mass is 235 g/mol. The van der Waals surface area contributed by atoms with Crippen molar-refractivity contribution in [2.45, 2.75) is 58.1 Å². The number of carbonyl (C=O) groups excluding carboxylic acids is 1. The van der Waals surface area contributed by atoms with E-state index in [0.717, 1.165) is 12.8 Å². The zero-order valence-electron chi connectivity index (χ0n) is 9.79. The van der Waals surface area contributed by atoms with Gasteiger partial charge in [0.15, 0.2) is 0 Å². The van der Waals surface area contributed by atoms with E-state index in [1.54, 1.807) is 0 Å². The second kappa shape index (κ2) is 5.71. The molecule has 0 aliphatic heterocycles. The predicted octanol–water partition coefficient (Wildman–Crippen LogP) is 2.27. The summed E-state index contributed by atoms with van der Waals surface area (Å²) in [6, 6.07) is -0.420. The summed E-state index contributed by atoms with van der Waals surface area (Å²) in [6.45, 7) is 5.60. The molecule has 0 bridgehead atoms. The average Bonchev–Trinajstić information content (AvgIpc) is 2.51. The minimum atomic E-state index is -0.423. The van der Waals surface area contributed by atoms with Gasteiger partial charge >= 0.3 is 5.97 Å². The number of halogens is 1. The summed E-state index contributed by atoms with van der Waals surface area (Å²) in [6.07, 6.45) is 4.53. The van der Waals surface area contributed by atoms with Gasteiger partial charge in [-0.1, -0.05) is 12.8 Å². The first-order valence-electron chi connectivity index (χ1n) is 5.38. The van der Waals surface area contributed by atoms with E-state index in [2.05, 4.69) is 0 Å². The number of hydrogen-bond acceptors (Lipinski definition) is 3. The minimum Gasteiger partial charge on any atom is -0.459 e. The van der Waals surface area contributed by atoms with Crippen LogP contribution in [0.2, 0.25) is 0 Å². The minimum absolute atomic E-state index is 0. The van der Waals surface area contributed by atoms with Crippen molar-refractivity contribution >= 4 is 18.4 Å². The van der Waals surface area contributed by atoms with E-state index in [-0.39, 0.29) is 18.4 Å². The number of esters is 1. The highest BCUT2D eigenvalue weighted by molar-refractivity contribution is 5.85. The maximum atomic E-state index is 11.6. The molecular weight excluding hydrogens is 214 g/mol. The lowest BCUT2D eigenvalue weighted by atomic mass is 9.99. The molecule has 1 fully saturated rings. The first-order chi connectivity index (χ1) is 6.40. The number of carbonyl (C=O) groups is 1. The van der Waals surface area contributed by atoms with Gasteiger partial charge in [-0.3, -0.25) is 4.79 Å². The van der Waals surface area contributed by atoms with Crippen molar-refractivity contribution in [1.82, 2.24) is 0 Å². The Morgan fingerprint density at radius 3 is 2.20 bits per heavy atom. The van der Waals surface area contributed by atoms with Crippen LogP contribution in [0.4, 0.5) is 0 Å². The van der Waals surface area contributed by atoms with Crippen molar-refractivity contribution in [3.05, 3.63) is 0 Å². The molecule has 1 aliphatic rings. The van der Waals surface area contributed by atoms with Crippen molar-refractivity contribution in [2.24, 2.45) is 11.7 Å². The molecule has 0 aromatic carbocycles. The van der Waals surface area contributed by atoms with Crippen LogP contribution in [0.15, 0.2) is 0 Å². The number of nitrogens with two attached hydrogens (primary N) is 1. The van der Waals surface area contributed by atoms with Crippen LogP contribution in [0.1, 0.15) is 46.5 Å². The predicted molar refractivity (Wildman–Crippen MR) is 63.0 cm³/mol. The molecule has 90 valence electrons. The zero-order valence-corrected chi connectivity index (χ0v) is 10.6. The third kappa shape index (κ3) is 4.85. The van der Waals surface area contributed by atoms with Crippen molar-refractivity contribution < 1.29 is 9.53 Å². The van der Waals surface area contributed by atoms with Gasteiger partial charge in [-0.2, -0.15) is 0 Å². The molecule has 3 nitrogen and oxygen atoms in total. The van der Waals surface area contributed by atoms with Gasteiger partial charge in [0.1, 0.15) is 11.6 Å². The van der Waals surface area contributed by atoms with Crippen molar-refractivity contribution in [3.8, 4) is 0 Å². The third-order valence-corrected chi connectivity index (χ3v) is 2.59. The summed E-state index contributed by atoms with van der Waals surface area (Å²) >= 11 is 0. The van der Waals surface area contributed by atoms with Crippen LogP contribution in [0.3, 0.4) is 0 Å². The van der Waals surface area contributed by atoms with Crippen LogP contribution in [0.5, 0.6) is 0 Å².